The molecule has 0 saturated carbocycles. The van der Waals surface area contributed by atoms with Gasteiger partial charge in [-0.05, 0) is 36.8 Å². The normalized spacial score (nSPS) is 13.9. The van der Waals surface area contributed by atoms with Gasteiger partial charge in [-0.2, -0.15) is 0 Å². The molecule has 0 bridgehead atoms. The van der Waals surface area contributed by atoms with Crippen molar-refractivity contribution in [3.63, 3.8) is 0 Å². The van der Waals surface area contributed by atoms with E-state index in [2.05, 4.69) is 0 Å². The summed E-state index contributed by atoms with van der Waals surface area (Å²) >= 11 is 0. The van der Waals surface area contributed by atoms with Crippen molar-refractivity contribution in [2.24, 2.45) is 0 Å². The van der Waals surface area contributed by atoms with Crippen LogP contribution in [0.5, 0.6) is 5.75 Å². The van der Waals surface area contributed by atoms with E-state index in [1.54, 1.807) is 36.4 Å². The van der Waals surface area contributed by atoms with Crippen molar-refractivity contribution in [3.05, 3.63) is 59.7 Å². The smallest absolute Gasteiger partial charge is 0.261 e. The molecule has 0 atom stereocenters. The van der Waals surface area contributed by atoms with Crippen LogP contribution in [0.25, 0.3) is 0 Å². The predicted molar refractivity (Wildman–Crippen MR) is 91.5 cm³/mol. The van der Waals surface area contributed by atoms with Crippen LogP contribution in [0.15, 0.2) is 53.4 Å². The molecule has 2 aromatic carbocycles. The van der Waals surface area contributed by atoms with Gasteiger partial charge in [-0.15, -0.1) is 0 Å². The standard InChI is InChI=1S/C18H17NO5S/c1-24-13-6-4-7-14(12-13)25(22,23)11-5-10-19-17(20)15-8-2-3-9-16(15)18(19)21/h2-4,6-9,12H,5,10-11H2,1H3. The molecule has 0 spiro atoms. The molecule has 1 heterocycles. The van der Waals surface area contributed by atoms with Crippen LogP contribution in [0.2, 0.25) is 0 Å². The number of hydrogen-bond donors (Lipinski definition) is 0. The Morgan fingerprint density at radius 2 is 1.60 bits per heavy atom. The number of amides is 2. The summed E-state index contributed by atoms with van der Waals surface area (Å²) in [5.41, 5.74) is 0.728. The van der Waals surface area contributed by atoms with E-state index >= 15 is 0 Å². The van der Waals surface area contributed by atoms with Crippen molar-refractivity contribution in [2.75, 3.05) is 19.4 Å². The largest absolute Gasteiger partial charge is 0.497 e. The molecule has 0 N–H and O–H groups in total. The van der Waals surface area contributed by atoms with Gasteiger partial charge in [-0.3, -0.25) is 14.5 Å². The van der Waals surface area contributed by atoms with Gasteiger partial charge < -0.3 is 4.74 Å². The van der Waals surface area contributed by atoms with Crippen LogP contribution >= 0.6 is 0 Å². The second-order valence-corrected chi connectivity index (χ2v) is 7.77. The van der Waals surface area contributed by atoms with Gasteiger partial charge in [-0.1, -0.05) is 18.2 Å². The first-order valence-corrected chi connectivity index (χ1v) is 9.41. The number of carbonyl (C=O) groups is 2. The van der Waals surface area contributed by atoms with E-state index in [-0.39, 0.29) is 35.4 Å². The van der Waals surface area contributed by atoms with E-state index in [4.69, 9.17) is 4.74 Å². The fourth-order valence-electron chi connectivity index (χ4n) is 2.77. The number of fused-ring (bicyclic) bond motifs is 1. The molecule has 7 heteroatoms. The molecule has 2 aromatic rings. The minimum Gasteiger partial charge on any atom is -0.497 e. The fourth-order valence-corrected chi connectivity index (χ4v) is 4.09. The highest BCUT2D eigenvalue weighted by Crippen LogP contribution is 2.23. The maximum absolute atomic E-state index is 12.4. The van der Waals surface area contributed by atoms with Crippen molar-refractivity contribution in [1.29, 1.82) is 0 Å². The Bertz CT molecular complexity index is 901. The Morgan fingerprint density at radius 1 is 0.960 bits per heavy atom. The lowest BCUT2D eigenvalue weighted by Gasteiger charge is -2.13. The highest BCUT2D eigenvalue weighted by molar-refractivity contribution is 7.91. The van der Waals surface area contributed by atoms with E-state index in [1.165, 1.54) is 19.2 Å². The number of rotatable bonds is 6. The van der Waals surface area contributed by atoms with E-state index in [0.29, 0.717) is 16.9 Å². The van der Waals surface area contributed by atoms with Gasteiger partial charge in [-0.25, -0.2) is 8.42 Å². The molecule has 2 amide bonds. The maximum atomic E-state index is 12.4. The molecule has 130 valence electrons. The third-order valence-corrected chi connectivity index (χ3v) is 5.87. The molecule has 1 aliphatic heterocycles. The fraction of sp³-hybridized carbons (Fsp3) is 0.222. The van der Waals surface area contributed by atoms with Crippen LogP contribution in [0.3, 0.4) is 0 Å². The van der Waals surface area contributed by atoms with Crippen LogP contribution in [0.1, 0.15) is 27.1 Å². The van der Waals surface area contributed by atoms with Crippen molar-refractivity contribution >= 4 is 21.7 Å². The molecular formula is C18H17NO5S. The van der Waals surface area contributed by atoms with Gasteiger partial charge in [0.25, 0.3) is 11.8 Å². The van der Waals surface area contributed by atoms with Gasteiger partial charge >= 0.3 is 0 Å². The zero-order valence-corrected chi connectivity index (χ0v) is 14.5. The first-order chi connectivity index (χ1) is 11.9. The second-order valence-electron chi connectivity index (χ2n) is 5.66. The van der Waals surface area contributed by atoms with E-state index in [0.717, 1.165) is 4.90 Å². The SMILES string of the molecule is COc1cccc(S(=O)(=O)CCCN2C(=O)c3ccccc3C2=O)c1. The quantitative estimate of drug-likeness (QED) is 0.738. The number of hydrogen-bond acceptors (Lipinski definition) is 5. The third kappa shape index (κ3) is 3.28. The summed E-state index contributed by atoms with van der Waals surface area (Å²) in [4.78, 5) is 25.8. The Hall–Kier alpha value is -2.67. The first kappa shape index (κ1) is 17.2. The molecule has 0 saturated heterocycles. The summed E-state index contributed by atoms with van der Waals surface area (Å²) in [6.07, 6.45) is 0.172. The van der Waals surface area contributed by atoms with Gasteiger partial charge in [0, 0.05) is 6.54 Å². The van der Waals surface area contributed by atoms with Crippen molar-refractivity contribution in [2.45, 2.75) is 11.3 Å². The average Bonchev–Trinajstić information content (AvgIpc) is 2.87. The van der Waals surface area contributed by atoms with Gasteiger partial charge in [0.15, 0.2) is 9.84 Å². The lowest BCUT2D eigenvalue weighted by molar-refractivity contribution is 0.0654. The van der Waals surface area contributed by atoms with Crippen molar-refractivity contribution in [1.82, 2.24) is 4.90 Å². The number of nitrogens with zero attached hydrogens (tertiary/aromatic N) is 1. The summed E-state index contributed by atoms with van der Waals surface area (Å²) in [7, 11) is -2.05. The van der Waals surface area contributed by atoms with Gasteiger partial charge in [0.2, 0.25) is 0 Å². The highest BCUT2D eigenvalue weighted by Gasteiger charge is 2.34. The zero-order valence-electron chi connectivity index (χ0n) is 13.6. The molecule has 1 aliphatic rings. The van der Waals surface area contributed by atoms with E-state index in [9.17, 15) is 18.0 Å². The molecule has 3 rings (SSSR count). The molecule has 0 fully saturated rings. The van der Waals surface area contributed by atoms with Crippen molar-refractivity contribution < 1.29 is 22.7 Å². The monoisotopic (exact) mass is 359 g/mol. The maximum Gasteiger partial charge on any atom is 0.261 e. The molecular weight excluding hydrogens is 342 g/mol. The van der Waals surface area contributed by atoms with Crippen LogP contribution in [-0.2, 0) is 9.84 Å². The average molecular weight is 359 g/mol. The molecule has 0 radical (unpaired) electrons. The number of methoxy groups -OCH3 is 1. The van der Waals surface area contributed by atoms with Crippen LogP contribution in [0.4, 0.5) is 0 Å². The van der Waals surface area contributed by atoms with E-state index in [1.807, 2.05) is 0 Å². The summed E-state index contributed by atoms with van der Waals surface area (Å²) in [6, 6.07) is 12.8. The number of ether oxygens (including phenoxy) is 1. The van der Waals surface area contributed by atoms with Crippen LogP contribution < -0.4 is 4.74 Å². The number of benzene rings is 2. The summed E-state index contributed by atoms with van der Waals surface area (Å²) in [5.74, 6) is -0.451. The van der Waals surface area contributed by atoms with Crippen LogP contribution in [0, 0.1) is 0 Å². The minimum absolute atomic E-state index is 0.0650. The minimum atomic E-state index is -3.52. The van der Waals surface area contributed by atoms with Crippen molar-refractivity contribution in [3.8, 4) is 5.75 Å². The number of carbonyl (C=O) groups excluding carboxylic acids is 2. The molecule has 0 unspecified atom stereocenters. The number of sulfone groups is 1. The second kappa shape index (κ2) is 6.68. The van der Waals surface area contributed by atoms with Gasteiger partial charge in [0.1, 0.15) is 5.75 Å². The van der Waals surface area contributed by atoms with E-state index < -0.39 is 9.84 Å². The predicted octanol–water partition coefficient (Wildman–Crippen LogP) is 2.16. The summed E-state index contributed by atoms with van der Waals surface area (Å²) < 4.78 is 29.9. The molecule has 0 aliphatic carbocycles. The first-order valence-electron chi connectivity index (χ1n) is 7.76. The summed E-state index contributed by atoms with van der Waals surface area (Å²) in [6.45, 7) is 0.0650. The van der Waals surface area contributed by atoms with Gasteiger partial charge in [0.05, 0.1) is 28.9 Å². The van der Waals surface area contributed by atoms with Crippen LogP contribution in [-0.4, -0.2) is 44.5 Å². The lowest BCUT2D eigenvalue weighted by Crippen LogP contribution is -2.31. The number of imide groups is 1. The molecule has 25 heavy (non-hydrogen) atoms. The Balaban J connectivity index is 1.67. The molecule has 6 nitrogen and oxygen atoms in total. The summed E-state index contributed by atoms with van der Waals surface area (Å²) in [5, 5.41) is 0. The topological polar surface area (TPSA) is 80.8 Å². The zero-order chi connectivity index (χ0) is 18.0. The Morgan fingerprint density at radius 3 is 2.20 bits per heavy atom. The lowest BCUT2D eigenvalue weighted by atomic mass is 10.1. The Labute approximate surface area is 145 Å². The molecule has 0 aromatic heterocycles. The Kier molecular flexibility index (Phi) is 4.59. The third-order valence-electron chi connectivity index (χ3n) is 4.07. The highest BCUT2D eigenvalue weighted by atomic mass is 32.2.